The molecule has 4 heteroatoms. The van der Waals surface area contributed by atoms with Crippen molar-refractivity contribution >= 4 is 11.6 Å². The summed E-state index contributed by atoms with van der Waals surface area (Å²) in [6, 6.07) is 8.67. The van der Waals surface area contributed by atoms with E-state index in [1.165, 1.54) is 6.07 Å². The third-order valence-electron chi connectivity index (χ3n) is 2.91. The Morgan fingerprint density at radius 1 is 1.22 bits per heavy atom. The molecule has 18 heavy (non-hydrogen) atoms. The number of benzene rings is 1. The highest BCUT2D eigenvalue weighted by atomic mass is 35.5. The Balaban J connectivity index is 2.07. The lowest BCUT2D eigenvalue weighted by Crippen LogP contribution is -2.22. The Bertz CT molecular complexity index is 513. The van der Waals surface area contributed by atoms with Crippen molar-refractivity contribution in [3.05, 3.63) is 58.8 Å². The summed E-state index contributed by atoms with van der Waals surface area (Å²) in [4.78, 5) is 0. The zero-order valence-electron chi connectivity index (χ0n) is 10.3. The van der Waals surface area contributed by atoms with E-state index >= 15 is 0 Å². The third kappa shape index (κ3) is 2.92. The summed E-state index contributed by atoms with van der Waals surface area (Å²) in [5.74, 6) is 0.474. The third-order valence-corrected chi connectivity index (χ3v) is 3.20. The molecule has 2 unspecified atom stereocenters. The van der Waals surface area contributed by atoms with Gasteiger partial charge in [0.15, 0.2) is 0 Å². The SMILES string of the molecule is CC(NC(C)c1ccco1)c1ccc(F)c(Cl)c1. The molecule has 0 spiro atoms. The molecule has 2 nitrogen and oxygen atoms in total. The first-order chi connectivity index (χ1) is 8.58. The lowest BCUT2D eigenvalue weighted by molar-refractivity contribution is 0.403. The van der Waals surface area contributed by atoms with Gasteiger partial charge in [0.25, 0.3) is 0 Å². The van der Waals surface area contributed by atoms with Gasteiger partial charge in [-0.1, -0.05) is 17.7 Å². The van der Waals surface area contributed by atoms with Gasteiger partial charge in [0.2, 0.25) is 0 Å². The van der Waals surface area contributed by atoms with Crippen molar-refractivity contribution in [1.29, 1.82) is 0 Å². The number of halogens is 2. The predicted octanol–water partition coefficient (Wildman–Crippen LogP) is 4.48. The monoisotopic (exact) mass is 267 g/mol. The molecule has 0 radical (unpaired) electrons. The van der Waals surface area contributed by atoms with Crippen molar-refractivity contribution in [3.63, 3.8) is 0 Å². The minimum atomic E-state index is -0.397. The lowest BCUT2D eigenvalue weighted by Gasteiger charge is -2.19. The van der Waals surface area contributed by atoms with Gasteiger partial charge in [0.05, 0.1) is 17.3 Å². The number of hydrogen-bond donors (Lipinski definition) is 1. The second-order valence-corrected chi connectivity index (χ2v) is 4.71. The molecule has 0 aliphatic rings. The molecule has 2 rings (SSSR count). The topological polar surface area (TPSA) is 25.2 Å². The highest BCUT2D eigenvalue weighted by Gasteiger charge is 2.14. The predicted molar refractivity (Wildman–Crippen MR) is 70.1 cm³/mol. The summed E-state index contributed by atoms with van der Waals surface area (Å²) in [7, 11) is 0. The quantitative estimate of drug-likeness (QED) is 0.883. The average Bonchev–Trinajstić information content (AvgIpc) is 2.86. The van der Waals surface area contributed by atoms with Crippen LogP contribution in [0, 0.1) is 5.82 Å². The molecule has 1 N–H and O–H groups in total. The van der Waals surface area contributed by atoms with Crippen LogP contribution in [0.2, 0.25) is 5.02 Å². The van der Waals surface area contributed by atoms with Crippen LogP contribution in [0.3, 0.4) is 0 Å². The maximum absolute atomic E-state index is 13.1. The Morgan fingerprint density at radius 2 is 2.00 bits per heavy atom. The van der Waals surface area contributed by atoms with E-state index in [9.17, 15) is 4.39 Å². The Hall–Kier alpha value is -1.32. The molecular weight excluding hydrogens is 253 g/mol. The van der Waals surface area contributed by atoms with E-state index in [0.29, 0.717) is 0 Å². The summed E-state index contributed by atoms with van der Waals surface area (Å²) in [5, 5.41) is 3.52. The van der Waals surface area contributed by atoms with Crippen LogP contribution < -0.4 is 5.32 Å². The van der Waals surface area contributed by atoms with Gasteiger partial charge in [-0.25, -0.2) is 4.39 Å². The normalized spacial score (nSPS) is 14.4. The van der Waals surface area contributed by atoms with E-state index < -0.39 is 5.82 Å². The molecule has 96 valence electrons. The van der Waals surface area contributed by atoms with Crippen LogP contribution in [0.15, 0.2) is 41.0 Å². The Morgan fingerprint density at radius 3 is 2.61 bits per heavy atom. The summed E-state index contributed by atoms with van der Waals surface area (Å²) >= 11 is 5.77. The largest absolute Gasteiger partial charge is 0.468 e. The molecule has 0 aliphatic carbocycles. The molecule has 0 amide bonds. The zero-order chi connectivity index (χ0) is 13.1. The van der Waals surface area contributed by atoms with Gasteiger partial charge in [-0.3, -0.25) is 0 Å². The maximum Gasteiger partial charge on any atom is 0.141 e. The summed E-state index contributed by atoms with van der Waals surface area (Å²) < 4.78 is 18.4. The highest BCUT2D eigenvalue weighted by Crippen LogP contribution is 2.23. The van der Waals surface area contributed by atoms with Gasteiger partial charge in [0, 0.05) is 6.04 Å². The summed E-state index contributed by atoms with van der Waals surface area (Å²) in [6.07, 6.45) is 1.65. The van der Waals surface area contributed by atoms with Gasteiger partial charge < -0.3 is 9.73 Å². The molecule has 0 saturated heterocycles. The van der Waals surface area contributed by atoms with Crippen LogP contribution in [0.4, 0.5) is 4.39 Å². The minimum absolute atomic E-state index is 0.0585. The van der Waals surface area contributed by atoms with Gasteiger partial charge in [-0.05, 0) is 43.7 Å². The molecule has 0 fully saturated rings. The van der Waals surface area contributed by atoms with E-state index in [-0.39, 0.29) is 17.1 Å². The first-order valence-electron chi connectivity index (χ1n) is 5.82. The van der Waals surface area contributed by atoms with E-state index in [1.54, 1.807) is 18.4 Å². The zero-order valence-corrected chi connectivity index (χ0v) is 11.0. The van der Waals surface area contributed by atoms with E-state index in [4.69, 9.17) is 16.0 Å². The van der Waals surface area contributed by atoms with Crippen molar-refractivity contribution in [2.45, 2.75) is 25.9 Å². The second-order valence-electron chi connectivity index (χ2n) is 4.30. The number of nitrogens with one attached hydrogen (secondary N) is 1. The summed E-state index contributed by atoms with van der Waals surface area (Å²) in [5.41, 5.74) is 0.944. The Labute approximate surface area is 111 Å². The number of furan rings is 1. The molecule has 0 saturated carbocycles. The standard InChI is InChI=1S/C14H15ClFNO/c1-9(11-5-6-13(16)12(15)8-11)17-10(2)14-4-3-7-18-14/h3-10,17H,1-2H3. The van der Waals surface area contributed by atoms with Crippen LogP contribution in [0.25, 0.3) is 0 Å². The van der Waals surface area contributed by atoms with Crippen LogP contribution in [-0.2, 0) is 0 Å². The fourth-order valence-electron chi connectivity index (χ4n) is 1.87. The van der Waals surface area contributed by atoms with Crippen LogP contribution in [0.5, 0.6) is 0 Å². The highest BCUT2D eigenvalue weighted by molar-refractivity contribution is 6.30. The van der Waals surface area contributed by atoms with E-state index in [2.05, 4.69) is 5.32 Å². The molecular formula is C14H15ClFNO. The smallest absolute Gasteiger partial charge is 0.141 e. The van der Waals surface area contributed by atoms with Crippen molar-refractivity contribution in [3.8, 4) is 0 Å². The van der Waals surface area contributed by atoms with Gasteiger partial charge >= 0.3 is 0 Å². The number of rotatable bonds is 4. The Kier molecular flexibility index (Phi) is 4.04. The molecule has 1 aromatic heterocycles. The van der Waals surface area contributed by atoms with Gasteiger partial charge in [-0.15, -0.1) is 0 Å². The second kappa shape index (κ2) is 5.55. The average molecular weight is 268 g/mol. The van der Waals surface area contributed by atoms with Crippen LogP contribution in [0.1, 0.15) is 37.3 Å². The molecule has 1 aromatic carbocycles. The molecule has 0 aliphatic heterocycles. The minimum Gasteiger partial charge on any atom is -0.468 e. The first-order valence-corrected chi connectivity index (χ1v) is 6.20. The first kappa shape index (κ1) is 13.1. The molecule has 0 bridgehead atoms. The van der Waals surface area contributed by atoms with Crippen molar-refractivity contribution in [1.82, 2.24) is 5.32 Å². The summed E-state index contributed by atoms with van der Waals surface area (Å²) in [6.45, 7) is 4.02. The van der Waals surface area contributed by atoms with E-state index in [0.717, 1.165) is 11.3 Å². The van der Waals surface area contributed by atoms with Crippen LogP contribution in [-0.4, -0.2) is 0 Å². The number of hydrogen-bond acceptors (Lipinski definition) is 2. The van der Waals surface area contributed by atoms with Crippen LogP contribution >= 0.6 is 11.6 Å². The lowest BCUT2D eigenvalue weighted by atomic mass is 10.1. The fourth-order valence-corrected chi connectivity index (χ4v) is 2.06. The molecule has 2 aromatic rings. The van der Waals surface area contributed by atoms with Gasteiger partial charge in [-0.2, -0.15) is 0 Å². The maximum atomic E-state index is 13.1. The van der Waals surface area contributed by atoms with Crippen molar-refractivity contribution in [2.24, 2.45) is 0 Å². The van der Waals surface area contributed by atoms with Gasteiger partial charge in [0.1, 0.15) is 11.6 Å². The van der Waals surface area contributed by atoms with E-state index in [1.807, 2.05) is 26.0 Å². The fraction of sp³-hybridized carbons (Fsp3) is 0.286. The van der Waals surface area contributed by atoms with Crippen molar-refractivity contribution < 1.29 is 8.81 Å². The molecule has 2 atom stereocenters. The van der Waals surface area contributed by atoms with Crippen molar-refractivity contribution in [2.75, 3.05) is 0 Å². The molecule has 1 heterocycles.